The zero-order chi connectivity index (χ0) is 14.5. The number of aromatic nitrogens is 1. The normalized spacial score (nSPS) is 19.9. The molecule has 1 aromatic rings. The molecule has 1 saturated heterocycles. The predicted octanol–water partition coefficient (Wildman–Crippen LogP) is 1.74. The van der Waals surface area contributed by atoms with Crippen molar-refractivity contribution < 1.29 is 14.7 Å². The quantitative estimate of drug-likeness (QED) is 0.379. The van der Waals surface area contributed by atoms with E-state index in [1.54, 1.807) is 0 Å². The van der Waals surface area contributed by atoms with E-state index in [4.69, 9.17) is 20.4 Å². The number of rotatable bonds is 4. The Bertz CT molecular complexity index is 497. The molecule has 0 spiro atoms. The average molecular weight is 279 g/mol. The van der Waals surface area contributed by atoms with Gasteiger partial charge in [0.2, 0.25) is 5.88 Å². The fourth-order valence-electron chi connectivity index (χ4n) is 2.38. The Morgan fingerprint density at radius 1 is 1.55 bits per heavy atom. The molecule has 6 heteroatoms. The highest BCUT2D eigenvalue weighted by Crippen LogP contribution is 2.22. The second-order valence-electron chi connectivity index (χ2n) is 5.05. The molecule has 0 radical (unpaired) electrons. The molecule has 1 unspecified atom stereocenters. The molecule has 0 amide bonds. The molecule has 0 saturated carbocycles. The lowest BCUT2D eigenvalue weighted by molar-refractivity contribution is -0.0120. The third-order valence-corrected chi connectivity index (χ3v) is 3.36. The summed E-state index contributed by atoms with van der Waals surface area (Å²) in [5, 5.41) is 11.9. The molecule has 0 aliphatic carbocycles. The maximum atomic E-state index is 8.88. The van der Waals surface area contributed by atoms with Gasteiger partial charge in [0.25, 0.3) is 0 Å². The summed E-state index contributed by atoms with van der Waals surface area (Å²) in [6.07, 6.45) is 3.34. The average Bonchev–Trinajstić information content (AvgIpc) is 2.45. The van der Waals surface area contributed by atoms with Crippen LogP contribution >= 0.6 is 0 Å². The molecule has 2 rings (SSSR count). The van der Waals surface area contributed by atoms with Crippen LogP contribution in [0, 0.1) is 13.8 Å². The lowest BCUT2D eigenvalue weighted by Crippen LogP contribution is -2.27. The summed E-state index contributed by atoms with van der Waals surface area (Å²) in [6.45, 7) is 4.97. The number of amidine groups is 1. The molecular weight excluding hydrogens is 258 g/mol. The van der Waals surface area contributed by atoms with Crippen molar-refractivity contribution in [2.45, 2.75) is 39.2 Å². The molecular formula is C14H21N3O3. The standard InChI is InChI=1S/C14H21N3O3/c1-9-7-10(2)16-14(12(9)13(15)17-18)20-8-11-5-3-4-6-19-11/h7,11,18H,3-6,8H2,1-2H3,(H2,15,17). The summed E-state index contributed by atoms with van der Waals surface area (Å²) in [5.41, 5.74) is 7.94. The zero-order valence-electron chi connectivity index (χ0n) is 11.9. The van der Waals surface area contributed by atoms with Crippen molar-refractivity contribution in [2.75, 3.05) is 13.2 Å². The summed E-state index contributed by atoms with van der Waals surface area (Å²) < 4.78 is 11.4. The molecule has 110 valence electrons. The summed E-state index contributed by atoms with van der Waals surface area (Å²) >= 11 is 0. The molecule has 3 N–H and O–H groups in total. The molecule has 2 heterocycles. The van der Waals surface area contributed by atoms with E-state index in [0.29, 0.717) is 18.1 Å². The van der Waals surface area contributed by atoms with Gasteiger partial charge in [-0.15, -0.1) is 0 Å². The largest absolute Gasteiger partial charge is 0.474 e. The number of ether oxygens (including phenoxy) is 2. The summed E-state index contributed by atoms with van der Waals surface area (Å²) in [4.78, 5) is 4.34. The number of nitrogens with zero attached hydrogens (tertiary/aromatic N) is 2. The Morgan fingerprint density at radius 2 is 2.35 bits per heavy atom. The number of pyridine rings is 1. The van der Waals surface area contributed by atoms with E-state index in [1.165, 1.54) is 0 Å². The summed E-state index contributed by atoms with van der Waals surface area (Å²) in [6, 6.07) is 1.87. The first kappa shape index (κ1) is 14.6. The van der Waals surface area contributed by atoms with Gasteiger partial charge < -0.3 is 20.4 Å². The predicted molar refractivity (Wildman–Crippen MR) is 75.3 cm³/mol. The Kier molecular flexibility index (Phi) is 4.79. The SMILES string of the molecule is Cc1cc(C)c(C(N)=NO)c(OCC2CCCCO2)n1. The van der Waals surface area contributed by atoms with Gasteiger partial charge in [-0.25, -0.2) is 4.98 Å². The minimum Gasteiger partial charge on any atom is -0.474 e. The van der Waals surface area contributed by atoms with Crippen molar-refractivity contribution in [3.8, 4) is 5.88 Å². The fourth-order valence-corrected chi connectivity index (χ4v) is 2.38. The van der Waals surface area contributed by atoms with Crippen LogP contribution in [0.1, 0.15) is 36.1 Å². The maximum Gasteiger partial charge on any atom is 0.225 e. The lowest BCUT2D eigenvalue weighted by Gasteiger charge is -2.23. The highest BCUT2D eigenvalue weighted by atomic mass is 16.5. The third-order valence-electron chi connectivity index (χ3n) is 3.36. The topological polar surface area (TPSA) is 90.0 Å². The monoisotopic (exact) mass is 279 g/mol. The Labute approximate surface area is 118 Å². The Hall–Kier alpha value is -1.82. The van der Waals surface area contributed by atoms with Gasteiger partial charge in [-0.1, -0.05) is 5.16 Å². The molecule has 6 nitrogen and oxygen atoms in total. The number of oxime groups is 1. The minimum absolute atomic E-state index is 0.00885. The first-order valence-electron chi connectivity index (χ1n) is 6.82. The molecule has 20 heavy (non-hydrogen) atoms. The third kappa shape index (κ3) is 3.39. The summed E-state index contributed by atoms with van der Waals surface area (Å²) in [5.74, 6) is 0.404. The second-order valence-corrected chi connectivity index (χ2v) is 5.05. The number of nitrogens with two attached hydrogens (primary N) is 1. The molecule has 1 aromatic heterocycles. The molecule has 0 aromatic carbocycles. The van der Waals surface area contributed by atoms with Crippen LogP contribution in [0.15, 0.2) is 11.2 Å². The van der Waals surface area contributed by atoms with Gasteiger partial charge in [0, 0.05) is 12.3 Å². The van der Waals surface area contributed by atoms with Gasteiger partial charge in [-0.2, -0.15) is 0 Å². The van der Waals surface area contributed by atoms with Crippen LogP contribution in [0.3, 0.4) is 0 Å². The first-order chi connectivity index (χ1) is 9.61. The minimum atomic E-state index is 0.00885. The molecule has 0 bridgehead atoms. The number of hydrogen-bond acceptors (Lipinski definition) is 5. The van der Waals surface area contributed by atoms with E-state index in [-0.39, 0.29) is 11.9 Å². The van der Waals surface area contributed by atoms with Crippen LogP contribution in [0.2, 0.25) is 0 Å². The van der Waals surface area contributed by atoms with Crippen LogP contribution < -0.4 is 10.5 Å². The van der Waals surface area contributed by atoms with Crippen LogP contribution in [-0.4, -0.2) is 35.3 Å². The van der Waals surface area contributed by atoms with Crippen molar-refractivity contribution in [2.24, 2.45) is 10.9 Å². The van der Waals surface area contributed by atoms with E-state index in [9.17, 15) is 0 Å². The van der Waals surface area contributed by atoms with Crippen LogP contribution in [0.5, 0.6) is 5.88 Å². The fraction of sp³-hybridized carbons (Fsp3) is 0.571. The first-order valence-corrected chi connectivity index (χ1v) is 6.82. The molecule has 1 aliphatic heterocycles. The van der Waals surface area contributed by atoms with E-state index in [0.717, 1.165) is 37.1 Å². The second kappa shape index (κ2) is 6.56. The van der Waals surface area contributed by atoms with E-state index < -0.39 is 0 Å². The molecule has 1 aliphatic rings. The van der Waals surface area contributed by atoms with Crippen molar-refractivity contribution in [1.29, 1.82) is 0 Å². The van der Waals surface area contributed by atoms with E-state index in [1.807, 2.05) is 19.9 Å². The van der Waals surface area contributed by atoms with Gasteiger partial charge in [0.05, 0.1) is 11.7 Å². The van der Waals surface area contributed by atoms with Gasteiger partial charge in [-0.05, 0) is 44.7 Å². The van der Waals surface area contributed by atoms with Gasteiger partial charge >= 0.3 is 0 Å². The van der Waals surface area contributed by atoms with Crippen molar-refractivity contribution >= 4 is 5.84 Å². The lowest BCUT2D eigenvalue weighted by atomic mass is 10.1. The van der Waals surface area contributed by atoms with Crippen molar-refractivity contribution in [3.63, 3.8) is 0 Å². The van der Waals surface area contributed by atoms with Crippen LogP contribution in [-0.2, 0) is 4.74 Å². The van der Waals surface area contributed by atoms with Gasteiger partial charge in [-0.3, -0.25) is 0 Å². The van der Waals surface area contributed by atoms with Crippen molar-refractivity contribution in [3.05, 3.63) is 22.9 Å². The highest BCUT2D eigenvalue weighted by molar-refractivity contribution is 6.00. The molecule has 1 fully saturated rings. The van der Waals surface area contributed by atoms with Gasteiger partial charge in [0.1, 0.15) is 6.61 Å². The molecule has 1 atom stereocenters. The van der Waals surface area contributed by atoms with E-state index in [2.05, 4.69) is 10.1 Å². The Morgan fingerprint density at radius 3 is 3.00 bits per heavy atom. The maximum absolute atomic E-state index is 8.88. The van der Waals surface area contributed by atoms with E-state index >= 15 is 0 Å². The van der Waals surface area contributed by atoms with Crippen molar-refractivity contribution in [1.82, 2.24) is 4.98 Å². The van der Waals surface area contributed by atoms with Crippen LogP contribution in [0.4, 0.5) is 0 Å². The number of aryl methyl sites for hydroxylation is 2. The number of hydrogen-bond donors (Lipinski definition) is 2. The summed E-state index contributed by atoms with van der Waals surface area (Å²) in [7, 11) is 0. The van der Waals surface area contributed by atoms with Gasteiger partial charge in [0.15, 0.2) is 5.84 Å². The van der Waals surface area contributed by atoms with Crippen LogP contribution in [0.25, 0.3) is 0 Å². The zero-order valence-corrected chi connectivity index (χ0v) is 11.9. The smallest absolute Gasteiger partial charge is 0.225 e. The highest BCUT2D eigenvalue weighted by Gasteiger charge is 2.18. The Balaban J connectivity index is 2.16.